The topological polar surface area (TPSA) is 71.0 Å². The minimum Gasteiger partial charge on any atom is -0.365 e. The zero-order valence-electron chi connectivity index (χ0n) is 17.0. The SMILES string of the molecule is O=C(c1cccc(F)c1-c1ncccn1)N1[C@@H]2CC[C@H]1[C@H](Nc1ccc(C(F)F)cn1)C2. The molecule has 0 spiro atoms. The van der Waals surface area contributed by atoms with Gasteiger partial charge in [-0.25, -0.2) is 28.1 Å². The second-order valence-corrected chi connectivity index (χ2v) is 8.01. The van der Waals surface area contributed by atoms with Crippen molar-refractivity contribution in [3.05, 3.63) is 71.9 Å². The number of halogens is 3. The van der Waals surface area contributed by atoms with Gasteiger partial charge in [0, 0.05) is 36.2 Å². The van der Waals surface area contributed by atoms with Gasteiger partial charge >= 0.3 is 0 Å². The molecule has 2 saturated heterocycles. The molecule has 2 aromatic heterocycles. The summed E-state index contributed by atoms with van der Waals surface area (Å²) in [4.78, 5) is 27.7. The summed E-state index contributed by atoms with van der Waals surface area (Å²) in [6, 6.07) is 8.75. The van der Waals surface area contributed by atoms with Crippen molar-refractivity contribution in [2.75, 3.05) is 5.32 Å². The number of aromatic nitrogens is 3. The summed E-state index contributed by atoms with van der Waals surface area (Å²) in [5.74, 6) is -0.154. The molecule has 2 aliphatic heterocycles. The van der Waals surface area contributed by atoms with Crippen LogP contribution in [0.4, 0.5) is 19.0 Å². The molecule has 32 heavy (non-hydrogen) atoms. The van der Waals surface area contributed by atoms with E-state index in [-0.39, 0.29) is 46.5 Å². The van der Waals surface area contributed by atoms with Crippen LogP contribution in [0.25, 0.3) is 11.4 Å². The number of rotatable bonds is 5. The molecule has 9 heteroatoms. The average Bonchev–Trinajstić information content (AvgIpc) is 3.37. The van der Waals surface area contributed by atoms with Crippen molar-refractivity contribution < 1.29 is 18.0 Å². The van der Waals surface area contributed by atoms with Crippen LogP contribution in [-0.2, 0) is 0 Å². The quantitative estimate of drug-likeness (QED) is 0.635. The number of benzene rings is 1. The van der Waals surface area contributed by atoms with Crippen molar-refractivity contribution in [1.82, 2.24) is 19.9 Å². The lowest BCUT2D eigenvalue weighted by molar-refractivity contribution is 0.0728. The van der Waals surface area contributed by atoms with Gasteiger partial charge in [0.2, 0.25) is 0 Å². The third kappa shape index (κ3) is 3.57. The lowest BCUT2D eigenvalue weighted by atomic mass is 9.95. The van der Waals surface area contributed by atoms with Gasteiger partial charge in [-0.1, -0.05) is 6.07 Å². The van der Waals surface area contributed by atoms with Gasteiger partial charge in [-0.3, -0.25) is 4.79 Å². The fraction of sp³-hybridized carbons (Fsp3) is 0.304. The van der Waals surface area contributed by atoms with Gasteiger partial charge in [-0.15, -0.1) is 0 Å². The van der Waals surface area contributed by atoms with Gasteiger partial charge < -0.3 is 10.2 Å². The first-order valence-corrected chi connectivity index (χ1v) is 10.4. The van der Waals surface area contributed by atoms with Crippen molar-refractivity contribution in [3.63, 3.8) is 0 Å². The van der Waals surface area contributed by atoms with Crippen LogP contribution in [-0.4, -0.2) is 43.9 Å². The van der Waals surface area contributed by atoms with Crippen molar-refractivity contribution in [2.24, 2.45) is 0 Å². The Balaban J connectivity index is 1.40. The van der Waals surface area contributed by atoms with E-state index in [4.69, 9.17) is 0 Å². The van der Waals surface area contributed by atoms with Crippen LogP contribution < -0.4 is 5.32 Å². The molecule has 5 rings (SSSR count). The van der Waals surface area contributed by atoms with Gasteiger partial charge in [-0.05, 0) is 49.6 Å². The summed E-state index contributed by atoms with van der Waals surface area (Å²) >= 11 is 0. The number of anilines is 1. The van der Waals surface area contributed by atoms with E-state index in [1.807, 2.05) is 4.90 Å². The number of fused-ring (bicyclic) bond motifs is 2. The molecule has 4 heterocycles. The van der Waals surface area contributed by atoms with Crippen molar-refractivity contribution in [2.45, 2.75) is 43.8 Å². The van der Waals surface area contributed by atoms with E-state index in [2.05, 4.69) is 20.3 Å². The maximum atomic E-state index is 14.7. The number of alkyl halides is 2. The predicted molar refractivity (Wildman–Crippen MR) is 112 cm³/mol. The molecule has 2 aliphatic rings. The number of nitrogens with zero attached hydrogens (tertiary/aromatic N) is 4. The van der Waals surface area contributed by atoms with Crippen LogP contribution in [0.15, 0.2) is 55.0 Å². The summed E-state index contributed by atoms with van der Waals surface area (Å²) in [6.07, 6.45) is 3.97. The molecule has 3 aromatic rings. The number of hydrogen-bond donors (Lipinski definition) is 1. The van der Waals surface area contributed by atoms with E-state index in [0.29, 0.717) is 12.2 Å². The maximum absolute atomic E-state index is 14.7. The first-order valence-electron chi connectivity index (χ1n) is 10.4. The minimum absolute atomic E-state index is 0.0122. The van der Waals surface area contributed by atoms with Gasteiger partial charge in [0.25, 0.3) is 12.3 Å². The van der Waals surface area contributed by atoms with Crippen LogP contribution in [0, 0.1) is 5.82 Å². The molecule has 1 aromatic carbocycles. The molecule has 1 amide bonds. The van der Waals surface area contributed by atoms with Crippen LogP contribution in [0.1, 0.15) is 41.6 Å². The predicted octanol–water partition coefficient (Wildman–Crippen LogP) is 4.47. The number of pyridine rings is 1. The van der Waals surface area contributed by atoms with Crippen LogP contribution in [0.5, 0.6) is 0 Å². The highest BCUT2D eigenvalue weighted by atomic mass is 19.3. The second-order valence-electron chi connectivity index (χ2n) is 8.01. The largest absolute Gasteiger partial charge is 0.365 e. The summed E-state index contributed by atoms with van der Waals surface area (Å²) in [6.45, 7) is 0. The third-order valence-corrected chi connectivity index (χ3v) is 6.18. The molecule has 164 valence electrons. The standard InChI is InChI=1S/C23H20F3N5O/c24-16-4-1-3-15(20(16)22-27-9-2-10-28-22)23(32)31-14-6-7-18(31)17(11-14)30-19-8-5-13(12-29-19)21(25)26/h1-5,8-10,12,14,17-18,21H,6-7,11H2,(H,29,30)/t14-,17-,18+/m1/s1. The van der Waals surface area contributed by atoms with Gasteiger partial charge in [0.05, 0.1) is 17.2 Å². The number of nitrogens with one attached hydrogen (secondary N) is 1. The Hall–Kier alpha value is -3.49. The molecular formula is C23H20F3N5O. The van der Waals surface area contributed by atoms with Crippen LogP contribution in [0.2, 0.25) is 0 Å². The Labute approximate surface area is 182 Å². The van der Waals surface area contributed by atoms with Gasteiger partial charge in [0.15, 0.2) is 5.82 Å². The monoisotopic (exact) mass is 439 g/mol. The van der Waals surface area contributed by atoms with Gasteiger partial charge in [-0.2, -0.15) is 0 Å². The number of amides is 1. The fourth-order valence-electron chi connectivity index (χ4n) is 4.77. The second kappa shape index (κ2) is 8.22. The average molecular weight is 439 g/mol. The Morgan fingerprint density at radius 2 is 1.88 bits per heavy atom. The summed E-state index contributed by atoms with van der Waals surface area (Å²) in [5.41, 5.74) is 0.188. The highest BCUT2D eigenvalue weighted by Crippen LogP contribution is 2.41. The van der Waals surface area contributed by atoms with Crippen molar-refractivity contribution in [1.29, 1.82) is 0 Å². The molecule has 0 saturated carbocycles. The normalized spacial score (nSPS) is 21.9. The minimum atomic E-state index is -2.57. The lowest BCUT2D eigenvalue weighted by Crippen LogP contribution is -2.40. The summed E-state index contributed by atoms with van der Waals surface area (Å²) in [7, 11) is 0. The number of carbonyl (C=O) groups excluding carboxylic acids is 1. The number of carbonyl (C=O) groups is 1. The van der Waals surface area contributed by atoms with E-state index < -0.39 is 12.2 Å². The maximum Gasteiger partial charge on any atom is 0.265 e. The number of hydrogen-bond acceptors (Lipinski definition) is 5. The lowest BCUT2D eigenvalue weighted by Gasteiger charge is -2.26. The first kappa shape index (κ1) is 20.4. The highest BCUT2D eigenvalue weighted by Gasteiger charge is 2.49. The van der Waals surface area contributed by atoms with Crippen LogP contribution >= 0.6 is 0 Å². The zero-order valence-corrected chi connectivity index (χ0v) is 17.0. The Kier molecular flexibility index (Phi) is 5.24. The van der Waals surface area contributed by atoms with Crippen molar-refractivity contribution >= 4 is 11.7 Å². The van der Waals surface area contributed by atoms with E-state index in [1.54, 1.807) is 12.1 Å². The van der Waals surface area contributed by atoms with Crippen LogP contribution in [0.3, 0.4) is 0 Å². The summed E-state index contributed by atoms with van der Waals surface area (Å²) < 4.78 is 40.3. The molecular weight excluding hydrogens is 419 g/mol. The molecule has 2 bridgehead atoms. The van der Waals surface area contributed by atoms with E-state index in [0.717, 1.165) is 19.0 Å². The molecule has 3 atom stereocenters. The Morgan fingerprint density at radius 3 is 2.59 bits per heavy atom. The Morgan fingerprint density at radius 1 is 1.06 bits per heavy atom. The highest BCUT2D eigenvalue weighted by molar-refractivity contribution is 6.01. The van der Waals surface area contributed by atoms with E-state index in [9.17, 15) is 18.0 Å². The molecule has 0 aliphatic carbocycles. The molecule has 6 nitrogen and oxygen atoms in total. The zero-order chi connectivity index (χ0) is 22.2. The van der Waals surface area contributed by atoms with Gasteiger partial charge in [0.1, 0.15) is 11.6 Å². The summed E-state index contributed by atoms with van der Waals surface area (Å²) in [5, 5.41) is 3.28. The third-order valence-electron chi connectivity index (χ3n) is 6.18. The molecule has 2 fully saturated rings. The molecule has 0 radical (unpaired) electrons. The molecule has 1 N–H and O–H groups in total. The first-order chi connectivity index (χ1) is 15.5. The Bertz CT molecular complexity index is 1130. The molecule has 0 unspecified atom stereocenters. The van der Waals surface area contributed by atoms with E-state index >= 15 is 0 Å². The van der Waals surface area contributed by atoms with Crippen molar-refractivity contribution in [3.8, 4) is 11.4 Å². The fourth-order valence-corrected chi connectivity index (χ4v) is 4.77. The van der Waals surface area contributed by atoms with E-state index in [1.165, 1.54) is 36.7 Å². The smallest absolute Gasteiger partial charge is 0.265 e.